The zero-order chi connectivity index (χ0) is 16.2. The van der Waals surface area contributed by atoms with Crippen molar-refractivity contribution in [2.75, 3.05) is 45.9 Å². The van der Waals surface area contributed by atoms with Crippen LogP contribution in [0.4, 0.5) is 0 Å². The van der Waals surface area contributed by atoms with Crippen molar-refractivity contribution < 1.29 is 9.53 Å². The molecule has 0 N–H and O–H groups in total. The number of piperidine rings is 1. The molecule has 126 valence electrons. The van der Waals surface area contributed by atoms with Crippen molar-refractivity contribution in [3.8, 4) is 0 Å². The van der Waals surface area contributed by atoms with Gasteiger partial charge in [-0.1, -0.05) is 23.2 Å². The molecule has 0 unspecified atom stereocenters. The van der Waals surface area contributed by atoms with Gasteiger partial charge in [-0.3, -0.25) is 9.69 Å². The van der Waals surface area contributed by atoms with Gasteiger partial charge in [0.05, 0.1) is 13.2 Å². The quantitative estimate of drug-likeness (QED) is 0.780. The lowest BCUT2D eigenvalue weighted by atomic mass is 9.95. The first-order valence-corrected chi connectivity index (χ1v) is 8.80. The van der Waals surface area contributed by atoms with Crippen molar-refractivity contribution in [3.05, 3.63) is 28.0 Å². The molecule has 2 aliphatic rings. The van der Waals surface area contributed by atoms with E-state index in [9.17, 15) is 4.79 Å². The number of carbonyl (C=O) groups excluding carboxylic acids is 1. The second-order valence-electron chi connectivity index (χ2n) is 6.15. The average molecular weight is 358 g/mol. The van der Waals surface area contributed by atoms with E-state index in [1.54, 1.807) is 12.1 Å². The smallest absolute Gasteiger partial charge is 0.254 e. The normalized spacial score (nSPS) is 20.7. The number of hydrogen-bond donors (Lipinski definition) is 0. The number of halogens is 2. The summed E-state index contributed by atoms with van der Waals surface area (Å²) in [6.45, 7) is 6.39. The zero-order valence-corrected chi connectivity index (χ0v) is 14.5. The Balaban J connectivity index is 1.52. The maximum Gasteiger partial charge on any atom is 0.254 e. The summed E-state index contributed by atoms with van der Waals surface area (Å²) in [5.74, 6) is 0.641. The topological polar surface area (TPSA) is 45.7 Å². The number of aromatic nitrogens is 1. The number of pyridine rings is 1. The summed E-state index contributed by atoms with van der Waals surface area (Å²) in [4.78, 5) is 20.8. The van der Waals surface area contributed by atoms with Crippen LogP contribution in [0, 0.1) is 5.92 Å². The van der Waals surface area contributed by atoms with Crippen LogP contribution >= 0.6 is 23.2 Å². The van der Waals surface area contributed by atoms with Crippen LogP contribution in [0.2, 0.25) is 10.3 Å². The molecule has 3 heterocycles. The van der Waals surface area contributed by atoms with Gasteiger partial charge < -0.3 is 9.64 Å². The van der Waals surface area contributed by atoms with E-state index in [2.05, 4.69) is 9.88 Å². The van der Waals surface area contributed by atoms with E-state index in [0.717, 1.165) is 58.8 Å². The minimum Gasteiger partial charge on any atom is -0.379 e. The van der Waals surface area contributed by atoms with E-state index in [1.807, 2.05) is 4.90 Å². The van der Waals surface area contributed by atoms with Gasteiger partial charge in [0.15, 0.2) is 0 Å². The lowest BCUT2D eigenvalue weighted by Crippen LogP contribution is -2.44. The molecule has 23 heavy (non-hydrogen) atoms. The third-order valence-electron chi connectivity index (χ3n) is 4.53. The Kier molecular flexibility index (Phi) is 5.75. The fourth-order valence-electron chi connectivity index (χ4n) is 3.24. The van der Waals surface area contributed by atoms with Gasteiger partial charge in [-0.15, -0.1) is 0 Å². The van der Waals surface area contributed by atoms with Crippen LogP contribution in [0.1, 0.15) is 23.2 Å². The first kappa shape index (κ1) is 17.0. The number of nitrogens with zero attached hydrogens (tertiary/aromatic N) is 3. The molecule has 1 aromatic heterocycles. The summed E-state index contributed by atoms with van der Waals surface area (Å²) in [5, 5.41) is 0.506. The molecule has 0 saturated carbocycles. The van der Waals surface area contributed by atoms with Crippen LogP contribution in [-0.4, -0.2) is 66.6 Å². The van der Waals surface area contributed by atoms with E-state index >= 15 is 0 Å². The van der Waals surface area contributed by atoms with Gasteiger partial charge in [0, 0.05) is 38.3 Å². The van der Waals surface area contributed by atoms with E-state index in [4.69, 9.17) is 27.9 Å². The number of hydrogen-bond acceptors (Lipinski definition) is 4. The molecule has 2 saturated heterocycles. The molecular formula is C16H21Cl2N3O2. The zero-order valence-electron chi connectivity index (χ0n) is 13.0. The molecule has 5 nitrogen and oxygen atoms in total. The lowest BCUT2D eigenvalue weighted by Gasteiger charge is -2.36. The van der Waals surface area contributed by atoms with Crippen LogP contribution in [0.5, 0.6) is 0 Å². The molecule has 7 heteroatoms. The molecule has 0 radical (unpaired) electrons. The first-order chi connectivity index (χ1) is 11.1. The maximum atomic E-state index is 12.6. The standard InChI is InChI=1S/C16H21Cl2N3O2/c17-14-9-13(10-15(18)19-14)16(22)21-3-1-12(2-4-21)11-20-5-7-23-8-6-20/h9-10,12H,1-8,11H2. The number of likely N-dealkylation sites (tertiary alicyclic amines) is 1. The predicted molar refractivity (Wildman–Crippen MR) is 90.1 cm³/mol. The van der Waals surface area contributed by atoms with E-state index in [-0.39, 0.29) is 16.2 Å². The number of ether oxygens (including phenoxy) is 1. The van der Waals surface area contributed by atoms with E-state index in [0.29, 0.717) is 11.5 Å². The number of rotatable bonds is 3. The molecule has 3 rings (SSSR count). The van der Waals surface area contributed by atoms with E-state index in [1.165, 1.54) is 0 Å². The number of amides is 1. The molecule has 2 fully saturated rings. The van der Waals surface area contributed by atoms with Gasteiger partial charge in [-0.05, 0) is 30.9 Å². The minimum absolute atomic E-state index is 0.0129. The summed E-state index contributed by atoms with van der Waals surface area (Å²) in [6.07, 6.45) is 2.07. The van der Waals surface area contributed by atoms with Crippen molar-refractivity contribution in [1.29, 1.82) is 0 Å². The Morgan fingerprint density at radius 3 is 2.35 bits per heavy atom. The molecule has 1 amide bonds. The molecule has 0 atom stereocenters. The van der Waals surface area contributed by atoms with Gasteiger partial charge in [0.2, 0.25) is 0 Å². The third kappa shape index (κ3) is 4.57. The Morgan fingerprint density at radius 2 is 1.74 bits per heavy atom. The van der Waals surface area contributed by atoms with Crippen LogP contribution in [0.25, 0.3) is 0 Å². The molecule has 0 aliphatic carbocycles. The van der Waals surface area contributed by atoms with Crippen LogP contribution in [0.15, 0.2) is 12.1 Å². The Hall–Kier alpha value is -0.880. The van der Waals surface area contributed by atoms with Gasteiger partial charge >= 0.3 is 0 Å². The van der Waals surface area contributed by atoms with Gasteiger partial charge in [-0.2, -0.15) is 0 Å². The van der Waals surface area contributed by atoms with Crippen LogP contribution < -0.4 is 0 Å². The monoisotopic (exact) mass is 357 g/mol. The summed E-state index contributed by atoms with van der Waals surface area (Å²) in [6, 6.07) is 3.16. The van der Waals surface area contributed by atoms with E-state index < -0.39 is 0 Å². The maximum absolute atomic E-state index is 12.6. The fourth-order valence-corrected chi connectivity index (χ4v) is 3.70. The Bertz CT molecular complexity index is 536. The van der Waals surface area contributed by atoms with Crippen molar-refractivity contribution in [2.45, 2.75) is 12.8 Å². The van der Waals surface area contributed by atoms with Crippen LogP contribution in [-0.2, 0) is 4.74 Å². The summed E-state index contributed by atoms with van der Waals surface area (Å²) >= 11 is 11.8. The molecular weight excluding hydrogens is 337 g/mol. The van der Waals surface area contributed by atoms with Gasteiger partial charge in [-0.25, -0.2) is 4.98 Å². The van der Waals surface area contributed by atoms with Gasteiger partial charge in [0.25, 0.3) is 5.91 Å². The molecule has 0 bridgehead atoms. The second-order valence-corrected chi connectivity index (χ2v) is 6.92. The van der Waals surface area contributed by atoms with Crippen molar-refractivity contribution >= 4 is 29.1 Å². The number of morpholine rings is 1. The third-order valence-corrected chi connectivity index (χ3v) is 4.92. The fraction of sp³-hybridized carbons (Fsp3) is 0.625. The Labute approximate surface area is 146 Å². The van der Waals surface area contributed by atoms with Crippen molar-refractivity contribution in [3.63, 3.8) is 0 Å². The molecule has 0 spiro atoms. The first-order valence-electron chi connectivity index (χ1n) is 8.04. The Morgan fingerprint density at radius 1 is 1.13 bits per heavy atom. The van der Waals surface area contributed by atoms with Crippen molar-refractivity contribution in [1.82, 2.24) is 14.8 Å². The number of carbonyl (C=O) groups is 1. The highest BCUT2D eigenvalue weighted by molar-refractivity contribution is 6.33. The molecule has 1 aromatic rings. The highest BCUT2D eigenvalue weighted by atomic mass is 35.5. The molecule has 2 aliphatic heterocycles. The van der Waals surface area contributed by atoms with Crippen LogP contribution in [0.3, 0.4) is 0 Å². The average Bonchev–Trinajstić information content (AvgIpc) is 2.55. The SMILES string of the molecule is O=C(c1cc(Cl)nc(Cl)c1)N1CCC(CN2CCOCC2)CC1. The van der Waals surface area contributed by atoms with Crippen molar-refractivity contribution in [2.24, 2.45) is 5.92 Å². The second kappa shape index (κ2) is 7.79. The van der Waals surface area contributed by atoms with Gasteiger partial charge in [0.1, 0.15) is 10.3 Å². The summed E-state index contributed by atoms with van der Waals surface area (Å²) in [7, 11) is 0. The highest BCUT2D eigenvalue weighted by Gasteiger charge is 2.26. The summed E-state index contributed by atoms with van der Waals surface area (Å²) in [5.41, 5.74) is 0.515. The summed E-state index contributed by atoms with van der Waals surface area (Å²) < 4.78 is 5.38. The lowest BCUT2D eigenvalue weighted by molar-refractivity contribution is 0.0243. The molecule has 0 aromatic carbocycles. The largest absolute Gasteiger partial charge is 0.379 e. The minimum atomic E-state index is -0.0129. The highest BCUT2D eigenvalue weighted by Crippen LogP contribution is 2.22. The predicted octanol–water partition coefficient (Wildman–Crippen LogP) is 2.57.